The summed E-state index contributed by atoms with van der Waals surface area (Å²) in [6, 6.07) is 8.05. The molecule has 0 aliphatic carbocycles. The molecule has 0 aliphatic rings. The average molecular weight is 324 g/mol. The lowest BCUT2D eigenvalue weighted by molar-refractivity contribution is 0.331. The molecule has 0 fully saturated rings. The van der Waals surface area contributed by atoms with E-state index in [-0.39, 0.29) is 12.0 Å². The van der Waals surface area contributed by atoms with Crippen LogP contribution in [0, 0.1) is 0 Å². The first-order valence-corrected chi connectivity index (χ1v) is 7.22. The number of hydrogen-bond acceptors (Lipinski definition) is 4. The molecular weight excluding hydrogens is 306 g/mol. The van der Waals surface area contributed by atoms with Gasteiger partial charge in [0.05, 0.1) is 5.92 Å². The number of benzene rings is 1. The van der Waals surface area contributed by atoms with Crippen LogP contribution in [0.2, 0.25) is 0 Å². The highest BCUT2D eigenvalue weighted by Crippen LogP contribution is 2.22. The third-order valence-corrected chi connectivity index (χ3v) is 3.96. The maximum Gasteiger partial charge on any atom is 0.231 e. The second-order valence-corrected chi connectivity index (χ2v) is 5.55. The summed E-state index contributed by atoms with van der Waals surface area (Å²) in [5, 5.41) is 4.04. The molecule has 1 aromatic carbocycles. The minimum atomic E-state index is 0.0155. The van der Waals surface area contributed by atoms with E-state index in [2.05, 4.69) is 33.0 Å². The van der Waals surface area contributed by atoms with E-state index in [9.17, 15) is 0 Å². The Bertz CT molecular complexity index is 539. The Morgan fingerprint density at radius 3 is 2.74 bits per heavy atom. The van der Waals surface area contributed by atoms with Gasteiger partial charge >= 0.3 is 0 Å². The quantitative estimate of drug-likeness (QED) is 0.917. The predicted octanol–water partition coefficient (Wildman–Crippen LogP) is 3.26. The predicted molar refractivity (Wildman–Crippen MR) is 77.9 cm³/mol. The van der Waals surface area contributed by atoms with E-state index in [1.807, 2.05) is 31.2 Å². The number of halogens is 1. The second kappa shape index (κ2) is 6.30. The van der Waals surface area contributed by atoms with Gasteiger partial charge in [-0.05, 0) is 25.0 Å². The Hall–Kier alpha value is -1.20. The normalized spacial score (nSPS) is 14.3. The monoisotopic (exact) mass is 323 g/mol. The minimum Gasteiger partial charge on any atom is -0.339 e. The van der Waals surface area contributed by atoms with Crippen LogP contribution in [0.5, 0.6) is 0 Å². The molecule has 0 saturated carbocycles. The maximum atomic E-state index is 5.93. The van der Waals surface area contributed by atoms with Gasteiger partial charge in [-0.3, -0.25) is 0 Å². The van der Waals surface area contributed by atoms with Crippen LogP contribution in [0.1, 0.15) is 43.5 Å². The summed E-state index contributed by atoms with van der Waals surface area (Å²) < 4.78 is 6.39. The van der Waals surface area contributed by atoms with Crippen LogP contribution >= 0.6 is 15.9 Å². The Labute approximate surface area is 121 Å². The van der Waals surface area contributed by atoms with Gasteiger partial charge in [0.15, 0.2) is 5.82 Å². The largest absolute Gasteiger partial charge is 0.339 e. The fraction of sp³-hybridized carbons (Fsp3) is 0.429. The first-order valence-electron chi connectivity index (χ1n) is 6.43. The number of rotatable bonds is 5. The summed E-state index contributed by atoms with van der Waals surface area (Å²) in [7, 11) is 0. The molecular formula is C14H18BrN3O. The highest BCUT2D eigenvalue weighted by molar-refractivity contribution is 9.10. The molecule has 1 aromatic heterocycles. The van der Waals surface area contributed by atoms with E-state index < -0.39 is 0 Å². The summed E-state index contributed by atoms with van der Waals surface area (Å²) in [5.41, 5.74) is 7.07. The van der Waals surface area contributed by atoms with Crippen LogP contribution in [0.15, 0.2) is 33.3 Å². The molecule has 2 atom stereocenters. The lowest BCUT2D eigenvalue weighted by Crippen LogP contribution is -2.24. The van der Waals surface area contributed by atoms with Crippen molar-refractivity contribution < 1.29 is 4.52 Å². The zero-order chi connectivity index (χ0) is 13.8. The number of hydrogen-bond donors (Lipinski definition) is 1. The number of nitrogens with zero attached hydrogens (tertiary/aromatic N) is 2. The third-order valence-electron chi connectivity index (χ3n) is 3.18. The molecule has 0 amide bonds. The first kappa shape index (κ1) is 14.2. The smallest absolute Gasteiger partial charge is 0.231 e. The molecule has 2 rings (SSSR count). The van der Waals surface area contributed by atoms with Crippen molar-refractivity contribution >= 4 is 15.9 Å². The van der Waals surface area contributed by atoms with Crippen LogP contribution in [0.3, 0.4) is 0 Å². The number of nitrogens with two attached hydrogens (primary N) is 1. The molecule has 5 heteroatoms. The molecule has 2 aromatic rings. The molecule has 4 nitrogen and oxygen atoms in total. The molecule has 1 heterocycles. The van der Waals surface area contributed by atoms with E-state index in [4.69, 9.17) is 10.3 Å². The SMILES string of the molecule is CCC(c1nc(Cc2ccccc2Br)no1)C(C)N. The lowest BCUT2D eigenvalue weighted by Gasteiger charge is -2.13. The zero-order valence-electron chi connectivity index (χ0n) is 11.1. The number of aromatic nitrogens is 2. The van der Waals surface area contributed by atoms with E-state index in [1.54, 1.807) is 0 Å². The summed E-state index contributed by atoms with van der Waals surface area (Å²) in [5.74, 6) is 1.46. The molecule has 2 N–H and O–H groups in total. The lowest BCUT2D eigenvalue weighted by atomic mass is 9.99. The Balaban J connectivity index is 2.16. The molecule has 0 saturated heterocycles. The van der Waals surface area contributed by atoms with Crippen molar-refractivity contribution in [3.8, 4) is 0 Å². The van der Waals surface area contributed by atoms with Crippen molar-refractivity contribution in [3.05, 3.63) is 46.0 Å². The van der Waals surface area contributed by atoms with Gasteiger partial charge in [-0.15, -0.1) is 0 Å². The molecule has 0 aliphatic heterocycles. The van der Waals surface area contributed by atoms with Crippen molar-refractivity contribution in [1.29, 1.82) is 0 Å². The highest BCUT2D eigenvalue weighted by atomic mass is 79.9. The van der Waals surface area contributed by atoms with Crippen LogP contribution in [0.25, 0.3) is 0 Å². The molecule has 19 heavy (non-hydrogen) atoms. The first-order chi connectivity index (χ1) is 9.11. The highest BCUT2D eigenvalue weighted by Gasteiger charge is 2.21. The standard InChI is InChI=1S/C14H18BrN3O/c1-3-11(9(2)16)14-17-13(18-19-14)8-10-6-4-5-7-12(10)15/h4-7,9,11H,3,8,16H2,1-2H3. The molecule has 0 spiro atoms. The van der Waals surface area contributed by atoms with Gasteiger partial charge < -0.3 is 10.3 Å². The van der Waals surface area contributed by atoms with E-state index in [0.717, 1.165) is 16.5 Å². The third kappa shape index (κ3) is 3.42. The Morgan fingerprint density at radius 2 is 2.11 bits per heavy atom. The van der Waals surface area contributed by atoms with Crippen molar-refractivity contribution in [2.45, 2.75) is 38.6 Å². The fourth-order valence-corrected chi connectivity index (χ4v) is 2.50. The van der Waals surface area contributed by atoms with Crippen LogP contribution in [0.4, 0.5) is 0 Å². The average Bonchev–Trinajstić information content (AvgIpc) is 2.81. The zero-order valence-corrected chi connectivity index (χ0v) is 12.7. The molecule has 2 unspecified atom stereocenters. The van der Waals surface area contributed by atoms with Gasteiger partial charge in [0.1, 0.15) is 0 Å². The minimum absolute atomic E-state index is 0.0155. The van der Waals surface area contributed by atoms with Crippen LogP contribution < -0.4 is 5.73 Å². The van der Waals surface area contributed by atoms with Crippen molar-refractivity contribution in [2.24, 2.45) is 5.73 Å². The van der Waals surface area contributed by atoms with E-state index in [1.165, 1.54) is 0 Å². The fourth-order valence-electron chi connectivity index (χ4n) is 2.07. The second-order valence-electron chi connectivity index (χ2n) is 4.69. The Kier molecular flexibility index (Phi) is 4.71. The maximum absolute atomic E-state index is 5.93. The van der Waals surface area contributed by atoms with Crippen LogP contribution in [-0.4, -0.2) is 16.2 Å². The van der Waals surface area contributed by atoms with E-state index >= 15 is 0 Å². The molecule has 102 valence electrons. The summed E-state index contributed by atoms with van der Waals surface area (Å²) in [6.45, 7) is 4.04. The van der Waals surface area contributed by atoms with Crippen molar-refractivity contribution in [2.75, 3.05) is 0 Å². The summed E-state index contributed by atoms with van der Waals surface area (Å²) in [6.07, 6.45) is 1.55. The van der Waals surface area contributed by atoms with Crippen molar-refractivity contribution in [1.82, 2.24) is 10.1 Å². The van der Waals surface area contributed by atoms with Gasteiger partial charge in [0.2, 0.25) is 5.89 Å². The summed E-state index contributed by atoms with van der Waals surface area (Å²) >= 11 is 3.52. The van der Waals surface area contributed by atoms with E-state index in [0.29, 0.717) is 18.1 Å². The van der Waals surface area contributed by atoms with Gasteiger partial charge in [-0.2, -0.15) is 4.98 Å². The van der Waals surface area contributed by atoms with Crippen molar-refractivity contribution in [3.63, 3.8) is 0 Å². The summed E-state index contributed by atoms with van der Waals surface area (Å²) in [4.78, 5) is 4.46. The van der Waals surface area contributed by atoms with Gasteiger partial charge in [0, 0.05) is 16.9 Å². The van der Waals surface area contributed by atoms with Gasteiger partial charge in [-0.1, -0.05) is 46.2 Å². The Morgan fingerprint density at radius 1 is 1.37 bits per heavy atom. The topological polar surface area (TPSA) is 64.9 Å². The molecule has 0 radical (unpaired) electrons. The van der Waals surface area contributed by atoms with Crippen LogP contribution in [-0.2, 0) is 6.42 Å². The molecule has 0 bridgehead atoms. The van der Waals surface area contributed by atoms with Gasteiger partial charge in [0.25, 0.3) is 0 Å². The van der Waals surface area contributed by atoms with Gasteiger partial charge in [-0.25, -0.2) is 0 Å².